The molecule has 3 aromatic carbocycles. The fourth-order valence-corrected chi connectivity index (χ4v) is 5.10. The Morgan fingerprint density at radius 1 is 0.946 bits per heavy atom. The first-order chi connectivity index (χ1) is 18.2. The smallest absolute Gasteiger partial charge is 0.229 e. The van der Waals surface area contributed by atoms with Gasteiger partial charge in [-0.25, -0.2) is 4.98 Å². The van der Waals surface area contributed by atoms with Crippen LogP contribution < -0.4 is 16.0 Å². The zero-order valence-corrected chi connectivity index (χ0v) is 21.8. The van der Waals surface area contributed by atoms with Crippen molar-refractivity contribution in [3.05, 3.63) is 107 Å². The Hall–Kier alpha value is -3.94. The van der Waals surface area contributed by atoms with E-state index in [-0.39, 0.29) is 0 Å². The van der Waals surface area contributed by atoms with Crippen molar-refractivity contribution < 1.29 is 0 Å². The van der Waals surface area contributed by atoms with Gasteiger partial charge in [0.1, 0.15) is 5.82 Å². The summed E-state index contributed by atoms with van der Waals surface area (Å²) >= 11 is 3.60. The average molecular weight is 551 g/mol. The molecule has 184 valence electrons. The first kappa shape index (κ1) is 23.5. The predicted molar refractivity (Wildman–Crippen MR) is 156 cm³/mol. The van der Waals surface area contributed by atoms with Crippen LogP contribution in [0.5, 0.6) is 0 Å². The second-order valence-electron chi connectivity index (χ2n) is 9.04. The largest absolute Gasteiger partial charge is 0.365 e. The second kappa shape index (κ2) is 10.6. The lowest BCUT2D eigenvalue weighted by molar-refractivity contribution is 0.739. The summed E-state index contributed by atoms with van der Waals surface area (Å²) in [5.74, 6) is 1.28. The summed E-state index contributed by atoms with van der Waals surface area (Å²) in [4.78, 5) is 12.7. The number of nitrogens with zero attached hydrogens (tertiary/aromatic N) is 2. The molecule has 5 aromatic rings. The van der Waals surface area contributed by atoms with Gasteiger partial charge >= 0.3 is 0 Å². The van der Waals surface area contributed by atoms with Gasteiger partial charge in [-0.05, 0) is 69.4 Å². The third-order valence-corrected chi connectivity index (χ3v) is 7.22. The van der Waals surface area contributed by atoms with Crippen molar-refractivity contribution in [2.75, 3.05) is 23.7 Å². The van der Waals surface area contributed by atoms with E-state index in [1.165, 1.54) is 33.2 Å². The lowest BCUT2D eigenvalue weighted by Gasteiger charge is -2.14. The molecule has 1 aliphatic heterocycles. The molecule has 0 aliphatic carbocycles. The van der Waals surface area contributed by atoms with Crippen LogP contribution in [0.4, 0.5) is 17.5 Å². The third-order valence-electron chi connectivity index (χ3n) is 6.64. The highest BCUT2D eigenvalue weighted by Gasteiger charge is 2.13. The molecule has 6 rings (SSSR count). The van der Waals surface area contributed by atoms with Crippen LogP contribution >= 0.6 is 15.9 Å². The molecule has 0 bridgehead atoms. The summed E-state index contributed by atoms with van der Waals surface area (Å²) in [6, 6.07) is 25.2. The molecule has 0 saturated carbocycles. The summed E-state index contributed by atoms with van der Waals surface area (Å²) in [6.07, 6.45) is 7.19. The molecule has 0 spiro atoms. The number of rotatable bonds is 7. The third kappa shape index (κ3) is 5.14. The van der Waals surface area contributed by atoms with Crippen LogP contribution in [0.1, 0.15) is 17.5 Å². The van der Waals surface area contributed by atoms with Gasteiger partial charge in [-0.15, -0.1) is 0 Å². The number of aromatic nitrogens is 3. The zero-order valence-electron chi connectivity index (χ0n) is 20.3. The predicted octanol–water partition coefficient (Wildman–Crippen LogP) is 7.12. The molecular weight excluding hydrogens is 524 g/mol. The second-order valence-corrected chi connectivity index (χ2v) is 9.89. The minimum atomic E-state index is 0.541. The van der Waals surface area contributed by atoms with E-state index < -0.39 is 0 Å². The number of hydrogen-bond acceptors (Lipinski definition) is 5. The van der Waals surface area contributed by atoms with Crippen LogP contribution in [0.2, 0.25) is 0 Å². The lowest BCUT2D eigenvalue weighted by atomic mass is 9.99. The molecule has 37 heavy (non-hydrogen) atoms. The van der Waals surface area contributed by atoms with Gasteiger partial charge in [-0.2, -0.15) is 4.98 Å². The van der Waals surface area contributed by atoms with Crippen LogP contribution in [-0.4, -0.2) is 28.0 Å². The van der Waals surface area contributed by atoms with Crippen molar-refractivity contribution in [3.63, 3.8) is 0 Å². The summed E-state index contributed by atoms with van der Waals surface area (Å²) in [7, 11) is 0. The van der Waals surface area contributed by atoms with Gasteiger partial charge < -0.3 is 20.9 Å². The number of nitrogens with one attached hydrogen (secondary N) is 4. The van der Waals surface area contributed by atoms with Crippen molar-refractivity contribution in [2.24, 2.45) is 0 Å². The molecule has 2 aromatic heterocycles. The zero-order chi connectivity index (χ0) is 25.0. The number of hydrogen-bond donors (Lipinski definition) is 4. The van der Waals surface area contributed by atoms with Gasteiger partial charge in [0.05, 0.1) is 4.47 Å². The maximum Gasteiger partial charge on any atom is 0.229 e. The van der Waals surface area contributed by atoms with Crippen LogP contribution in [0.15, 0.2) is 95.7 Å². The summed E-state index contributed by atoms with van der Waals surface area (Å²) in [6.45, 7) is 2.57. The fraction of sp³-hybridized carbons (Fsp3) is 0.133. The maximum absolute atomic E-state index is 4.76. The van der Waals surface area contributed by atoms with Crippen LogP contribution in [0, 0.1) is 0 Å². The Labute approximate surface area is 224 Å². The highest BCUT2D eigenvalue weighted by atomic mass is 79.9. The summed E-state index contributed by atoms with van der Waals surface area (Å²) in [5, 5.41) is 11.5. The van der Waals surface area contributed by atoms with E-state index in [1.54, 1.807) is 6.20 Å². The van der Waals surface area contributed by atoms with Gasteiger partial charge in [0.2, 0.25) is 5.95 Å². The molecule has 0 amide bonds. The van der Waals surface area contributed by atoms with Gasteiger partial charge in [0.15, 0.2) is 0 Å². The van der Waals surface area contributed by atoms with E-state index in [0.717, 1.165) is 41.0 Å². The van der Waals surface area contributed by atoms with E-state index in [2.05, 4.69) is 115 Å². The molecule has 6 nitrogen and oxygen atoms in total. The quantitative estimate of drug-likeness (QED) is 0.173. The first-order valence-corrected chi connectivity index (χ1v) is 13.2. The topological polar surface area (TPSA) is 77.7 Å². The minimum absolute atomic E-state index is 0.541. The van der Waals surface area contributed by atoms with Crippen molar-refractivity contribution in [2.45, 2.75) is 13.0 Å². The molecule has 0 unspecified atom stereocenters. The van der Waals surface area contributed by atoms with E-state index in [9.17, 15) is 0 Å². The van der Waals surface area contributed by atoms with Crippen molar-refractivity contribution in [3.8, 4) is 11.1 Å². The molecular formula is C30H27BrN6. The molecule has 0 fully saturated rings. The van der Waals surface area contributed by atoms with Crippen molar-refractivity contribution >= 4 is 49.9 Å². The van der Waals surface area contributed by atoms with Gasteiger partial charge in [0.25, 0.3) is 0 Å². The van der Waals surface area contributed by atoms with Crippen molar-refractivity contribution in [1.82, 2.24) is 20.3 Å². The van der Waals surface area contributed by atoms with Crippen molar-refractivity contribution in [1.29, 1.82) is 0 Å². The van der Waals surface area contributed by atoms with Gasteiger partial charge in [0, 0.05) is 47.6 Å². The Kier molecular flexibility index (Phi) is 6.71. The molecule has 3 heterocycles. The number of H-pyrrole nitrogens is 1. The summed E-state index contributed by atoms with van der Waals surface area (Å²) < 4.78 is 0.816. The van der Waals surface area contributed by atoms with Gasteiger partial charge in [-0.3, -0.25) is 0 Å². The highest BCUT2D eigenvalue weighted by Crippen LogP contribution is 2.31. The lowest BCUT2D eigenvalue weighted by Crippen LogP contribution is -2.19. The Morgan fingerprint density at radius 2 is 1.81 bits per heavy atom. The number of fused-ring (bicyclic) bond motifs is 1. The normalized spacial score (nSPS) is 13.4. The van der Waals surface area contributed by atoms with Crippen LogP contribution in [0.3, 0.4) is 0 Å². The average Bonchev–Trinajstić information content (AvgIpc) is 3.38. The number of aromatic amines is 1. The van der Waals surface area contributed by atoms with E-state index >= 15 is 0 Å². The first-order valence-electron chi connectivity index (χ1n) is 12.4. The summed E-state index contributed by atoms with van der Waals surface area (Å²) in [5.41, 5.74) is 8.32. The van der Waals surface area contributed by atoms with Gasteiger partial charge in [-0.1, -0.05) is 60.7 Å². The monoisotopic (exact) mass is 550 g/mol. The molecule has 7 heteroatoms. The van der Waals surface area contributed by atoms with Crippen LogP contribution in [-0.2, 0) is 6.54 Å². The van der Waals surface area contributed by atoms with E-state index in [0.29, 0.717) is 12.5 Å². The number of benzene rings is 3. The molecule has 0 radical (unpaired) electrons. The molecule has 0 saturated heterocycles. The molecule has 4 N–H and O–H groups in total. The number of anilines is 3. The Morgan fingerprint density at radius 3 is 2.68 bits per heavy atom. The Bertz CT molecular complexity index is 1570. The van der Waals surface area contributed by atoms with Crippen LogP contribution in [0.25, 0.3) is 27.6 Å². The standard InChI is InChI=1S/C30H27BrN6/c31-27-19-35-30(36-23-10-11-28-25(16-23)26(18-33-28)21-12-14-32-15-13-21)37-29(27)34-17-22-8-4-5-9-24(22)20-6-2-1-3-7-20/h1-12,16,18-19,32-33H,13-15,17H2,(H2,34,35,36,37). The Balaban J connectivity index is 1.22. The molecule has 1 aliphatic rings. The highest BCUT2D eigenvalue weighted by molar-refractivity contribution is 9.10. The fourth-order valence-electron chi connectivity index (χ4n) is 4.76. The molecule has 0 atom stereocenters. The minimum Gasteiger partial charge on any atom is -0.365 e. The SMILES string of the molecule is Brc1cnc(Nc2ccc3[nH]cc(C4=CCNCC4)c3c2)nc1NCc1ccccc1-c1ccccc1. The number of halogens is 1. The maximum atomic E-state index is 4.76. The van der Waals surface area contributed by atoms with E-state index in [1.807, 2.05) is 12.1 Å². The van der Waals surface area contributed by atoms with E-state index in [4.69, 9.17) is 4.98 Å².